The van der Waals surface area contributed by atoms with Crippen molar-refractivity contribution in [2.75, 3.05) is 11.3 Å². The Bertz CT molecular complexity index is 659. The number of hydrogen-bond donors (Lipinski definition) is 3. The van der Waals surface area contributed by atoms with Crippen LogP contribution >= 0.6 is 0 Å². The normalized spacial score (nSPS) is 10.5. The summed E-state index contributed by atoms with van der Waals surface area (Å²) in [6.45, 7) is 3.37. The Labute approximate surface area is 124 Å². The number of amides is 1. The Morgan fingerprint density at radius 3 is 2.67 bits per heavy atom. The van der Waals surface area contributed by atoms with Crippen LogP contribution in [0.1, 0.15) is 19.4 Å². The molecule has 4 N–H and O–H groups in total. The molecule has 0 saturated carbocycles. The highest BCUT2D eigenvalue weighted by Gasteiger charge is 2.17. The lowest BCUT2D eigenvalue weighted by Crippen LogP contribution is -2.36. The number of anilines is 1. The fourth-order valence-electron chi connectivity index (χ4n) is 1.35. The van der Waals surface area contributed by atoms with Gasteiger partial charge in [-0.1, -0.05) is 24.0 Å². The molecule has 114 valence electrons. The Morgan fingerprint density at radius 2 is 2.05 bits per heavy atom. The molecule has 0 spiro atoms. The molecule has 0 radical (unpaired) electrons. The zero-order chi connectivity index (χ0) is 15.9. The Balaban J connectivity index is 2.87. The maximum atomic E-state index is 11.8. The van der Waals surface area contributed by atoms with Crippen molar-refractivity contribution >= 4 is 22.0 Å². The van der Waals surface area contributed by atoms with E-state index in [1.807, 2.05) is 0 Å². The van der Waals surface area contributed by atoms with Gasteiger partial charge in [-0.25, -0.2) is 9.52 Å². The number of carbonyl (C=O) groups excluding carboxylic acids is 1. The molecule has 8 heteroatoms. The summed E-state index contributed by atoms with van der Waals surface area (Å²) in [4.78, 5) is 11.3. The number of ether oxygens (including phenoxy) is 1. The third-order valence-corrected chi connectivity index (χ3v) is 2.98. The Hall–Kier alpha value is -2.24. The zero-order valence-corrected chi connectivity index (χ0v) is 12.5. The van der Waals surface area contributed by atoms with Gasteiger partial charge in [-0.15, -0.1) is 0 Å². The summed E-state index contributed by atoms with van der Waals surface area (Å²) >= 11 is 0. The summed E-state index contributed by atoms with van der Waals surface area (Å²) in [6, 6.07) is 6.50. The highest BCUT2D eigenvalue weighted by Crippen LogP contribution is 2.14. The van der Waals surface area contributed by atoms with Crippen molar-refractivity contribution in [3.8, 4) is 11.8 Å². The van der Waals surface area contributed by atoms with Crippen LogP contribution in [-0.2, 0) is 14.9 Å². The van der Waals surface area contributed by atoms with Gasteiger partial charge in [-0.3, -0.25) is 4.72 Å². The number of nitrogens with two attached hydrogens (primary N) is 1. The van der Waals surface area contributed by atoms with E-state index in [-0.39, 0.29) is 12.2 Å². The van der Waals surface area contributed by atoms with Crippen molar-refractivity contribution in [3.63, 3.8) is 0 Å². The van der Waals surface area contributed by atoms with E-state index >= 15 is 0 Å². The predicted octanol–water partition coefficient (Wildman–Crippen LogP) is 0.788. The molecule has 1 aromatic carbocycles. The Kier molecular flexibility index (Phi) is 6.02. The first-order valence-corrected chi connectivity index (χ1v) is 7.61. The van der Waals surface area contributed by atoms with E-state index in [0.717, 1.165) is 0 Å². The molecular formula is C13H17N3O4S. The lowest BCUT2D eigenvalue weighted by Gasteiger charge is -2.12. The molecule has 0 aliphatic rings. The first-order valence-electron chi connectivity index (χ1n) is 6.13. The average Bonchev–Trinajstić information content (AvgIpc) is 2.35. The summed E-state index contributed by atoms with van der Waals surface area (Å²) in [7, 11) is -4.10. The first kappa shape index (κ1) is 16.8. The van der Waals surface area contributed by atoms with E-state index in [0.29, 0.717) is 5.56 Å². The van der Waals surface area contributed by atoms with Gasteiger partial charge in [0, 0.05) is 5.56 Å². The van der Waals surface area contributed by atoms with Gasteiger partial charge in [0.2, 0.25) is 0 Å². The van der Waals surface area contributed by atoms with Gasteiger partial charge < -0.3 is 10.5 Å². The molecule has 0 fully saturated rings. The summed E-state index contributed by atoms with van der Waals surface area (Å²) in [5.41, 5.74) is 5.97. The minimum atomic E-state index is -4.10. The molecule has 0 aromatic heterocycles. The summed E-state index contributed by atoms with van der Waals surface area (Å²) in [5.74, 6) is 5.36. The van der Waals surface area contributed by atoms with Crippen LogP contribution in [0.5, 0.6) is 0 Å². The number of carbonyl (C=O) groups is 1. The van der Waals surface area contributed by atoms with Gasteiger partial charge in [0.25, 0.3) is 0 Å². The second-order valence-corrected chi connectivity index (χ2v) is 5.63. The highest BCUT2D eigenvalue weighted by molar-refractivity contribution is 7.91. The van der Waals surface area contributed by atoms with Gasteiger partial charge >= 0.3 is 16.3 Å². The largest absolute Gasteiger partial charge is 0.446 e. The smallest absolute Gasteiger partial charge is 0.422 e. The van der Waals surface area contributed by atoms with Crippen molar-refractivity contribution in [1.29, 1.82) is 0 Å². The van der Waals surface area contributed by atoms with Crippen molar-refractivity contribution in [1.82, 2.24) is 4.72 Å². The van der Waals surface area contributed by atoms with Crippen LogP contribution < -0.4 is 15.2 Å². The van der Waals surface area contributed by atoms with Gasteiger partial charge in [-0.05, 0) is 26.0 Å². The third kappa shape index (κ3) is 6.16. The average molecular weight is 311 g/mol. The highest BCUT2D eigenvalue weighted by atomic mass is 32.2. The molecule has 1 aromatic rings. The molecular weight excluding hydrogens is 294 g/mol. The third-order valence-electron chi connectivity index (χ3n) is 2.06. The predicted molar refractivity (Wildman–Crippen MR) is 79.7 cm³/mol. The van der Waals surface area contributed by atoms with Crippen LogP contribution in [0.2, 0.25) is 0 Å². The van der Waals surface area contributed by atoms with Crippen molar-refractivity contribution < 1.29 is 17.9 Å². The number of nitrogens with one attached hydrogen (secondary N) is 2. The number of para-hydroxylation sites is 1. The summed E-state index contributed by atoms with van der Waals surface area (Å²) in [5, 5.41) is 0. The SMILES string of the molecule is CC(C)OC(=O)NS(=O)(=O)Nc1ccccc1C#CCN. The Morgan fingerprint density at radius 1 is 1.38 bits per heavy atom. The maximum Gasteiger partial charge on any atom is 0.422 e. The molecule has 0 unspecified atom stereocenters. The van der Waals surface area contributed by atoms with Crippen LogP contribution in [0.3, 0.4) is 0 Å². The van der Waals surface area contributed by atoms with Gasteiger partial charge in [0.05, 0.1) is 18.3 Å². The second-order valence-electron chi connectivity index (χ2n) is 4.21. The molecule has 0 bridgehead atoms. The molecule has 0 atom stereocenters. The summed E-state index contributed by atoms with van der Waals surface area (Å²) < 4.78 is 32.3. The first-order chi connectivity index (χ1) is 9.84. The van der Waals surface area contributed by atoms with E-state index < -0.39 is 22.4 Å². The molecule has 1 rings (SSSR count). The second kappa shape index (κ2) is 7.52. The van der Waals surface area contributed by atoms with Crippen LogP contribution in [0.4, 0.5) is 10.5 Å². The monoisotopic (exact) mass is 311 g/mol. The van der Waals surface area contributed by atoms with E-state index in [1.165, 1.54) is 6.07 Å². The van der Waals surface area contributed by atoms with E-state index in [1.54, 1.807) is 36.8 Å². The molecule has 7 nitrogen and oxygen atoms in total. The lowest BCUT2D eigenvalue weighted by atomic mass is 10.2. The number of hydrogen-bond acceptors (Lipinski definition) is 5. The van der Waals surface area contributed by atoms with Crippen LogP contribution in [0, 0.1) is 11.8 Å². The molecule has 1 amide bonds. The molecule has 0 aliphatic heterocycles. The minimum absolute atomic E-state index is 0.153. The maximum absolute atomic E-state index is 11.8. The number of rotatable bonds is 4. The fraction of sp³-hybridized carbons (Fsp3) is 0.308. The van der Waals surface area contributed by atoms with Crippen molar-refractivity contribution in [3.05, 3.63) is 29.8 Å². The van der Waals surface area contributed by atoms with Crippen LogP contribution in [0.15, 0.2) is 24.3 Å². The minimum Gasteiger partial charge on any atom is -0.446 e. The quantitative estimate of drug-likeness (QED) is 0.712. The standard InChI is InChI=1S/C13H17N3O4S/c1-10(2)20-13(17)16-21(18,19)15-12-8-4-3-6-11(12)7-5-9-14/h3-4,6,8,10,15H,9,14H2,1-2H3,(H,16,17). The molecule has 21 heavy (non-hydrogen) atoms. The number of benzene rings is 1. The molecule has 0 saturated heterocycles. The van der Waals surface area contributed by atoms with Crippen molar-refractivity contribution in [2.45, 2.75) is 20.0 Å². The zero-order valence-electron chi connectivity index (χ0n) is 11.7. The van der Waals surface area contributed by atoms with Crippen LogP contribution in [0.25, 0.3) is 0 Å². The fourth-order valence-corrected chi connectivity index (χ4v) is 2.13. The van der Waals surface area contributed by atoms with Gasteiger partial charge in [-0.2, -0.15) is 8.42 Å². The van der Waals surface area contributed by atoms with E-state index in [4.69, 9.17) is 10.5 Å². The molecule has 0 heterocycles. The molecule has 0 aliphatic carbocycles. The summed E-state index contributed by atoms with van der Waals surface area (Å²) in [6.07, 6.45) is -1.48. The van der Waals surface area contributed by atoms with Gasteiger partial charge in [0.1, 0.15) is 0 Å². The van der Waals surface area contributed by atoms with Crippen molar-refractivity contribution in [2.24, 2.45) is 5.73 Å². The van der Waals surface area contributed by atoms with Gasteiger partial charge in [0.15, 0.2) is 0 Å². The topological polar surface area (TPSA) is 111 Å². The van der Waals surface area contributed by atoms with E-state index in [2.05, 4.69) is 16.6 Å². The van der Waals surface area contributed by atoms with E-state index in [9.17, 15) is 13.2 Å². The lowest BCUT2D eigenvalue weighted by molar-refractivity contribution is 0.121. The van der Waals surface area contributed by atoms with Crippen LogP contribution in [-0.4, -0.2) is 27.2 Å².